The molecule has 3 atom stereocenters. The smallest absolute Gasteiger partial charge is 0.245 e. The molecule has 2 aromatic heterocycles. The van der Waals surface area contributed by atoms with Crippen LogP contribution in [0.3, 0.4) is 0 Å². The number of hydrogen-bond acceptors (Lipinski definition) is 6. The summed E-state index contributed by atoms with van der Waals surface area (Å²) in [5.41, 5.74) is 2.41. The molecule has 1 spiro atoms. The van der Waals surface area contributed by atoms with Crippen LogP contribution < -0.4 is 5.32 Å². The van der Waals surface area contributed by atoms with Crippen molar-refractivity contribution in [3.05, 3.63) is 54.3 Å². The van der Waals surface area contributed by atoms with E-state index in [1.807, 2.05) is 29.3 Å². The molecule has 1 saturated heterocycles. The number of benzene rings is 1. The van der Waals surface area contributed by atoms with Crippen molar-refractivity contribution in [2.45, 2.75) is 50.2 Å². The molecule has 0 bridgehead atoms. The second kappa shape index (κ2) is 9.82. The Balaban J connectivity index is 1.14. The SMILES string of the molecule is C=CC(=O)N1CCCC(C2=NC[C@]3(CCC[C@@H](Nc4ncc(Cl)c(-c5c[nH]c6ccccc56)n4)C3)O2)C1. The Hall–Kier alpha value is -3.39. The monoisotopic (exact) mass is 518 g/mol. The highest BCUT2D eigenvalue weighted by molar-refractivity contribution is 6.33. The molecule has 3 aromatic rings. The van der Waals surface area contributed by atoms with Gasteiger partial charge in [0.05, 0.1) is 29.4 Å². The Bertz CT molecular complexity index is 1370. The Kier molecular flexibility index (Phi) is 6.36. The zero-order valence-electron chi connectivity index (χ0n) is 20.8. The summed E-state index contributed by atoms with van der Waals surface area (Å²) in [6, 6.07) is 8.28. The summed E-state index contributed by atoms with van der Waals surface area (Å²) < 4.78 is 6.59. The normalized spacial score (nSPS) is 25.6. The highest BCUT2D eigenvalue weighted by atomic mass is 35.5. The Morgan fingerprint density at radius 1 is 1.30 bits per heavy atom. The first-order valence-electron chi connectivity index (χ1n) is 13.0. The number of piperidine rings is 1. The van der Waals surface area contributed by atoms with Gasteiger partial charge in [0.1, 0.15) is 5.60 Å². The van der Waals surface area contributed by atoms with E-state index in [0.29, 0.717) is 29.8 Å². The fourth-order valence-electron chi connectivity index (χ4n) is 5.99. The number of aliphatic imine (C=N–C) groups is 1. The predicted molar refractivity (Wildman–Crippen MR) is 146 cm³/mol. The molecular weight excluding hydrogens is 488 g/mol. The highest BCUT2D eigenvalue weighted by Crippen LogP contribution is 2.39. The maximum Gasteiger partial charge on any atom is 0.245 e. The number of aromatic nitrogens is 3. The number of nitrogens with zero attached hydrogens (tertiary/aromatic N) is 4. The van der Waals surface area contributed by atoms with E-state index in [9.17, 15) is 4.79 Å². The van der Waals surface area contributed by atoms with Gasteiger partial charge in [-0.2, -0.15) is 0 Å². The van der Waals surface area contributed by atoms with Gasteiger partial charge in [0.15, 0.2) is 5.90 Å². The molecule has 6 rings (SSSR count). The number of carbonyl (C=O) groups excluding carboxylic acids is 1. The lowest BCUT2D eigenvalue weighted by molar-refractivity contribution is -0.127. The summed E-state index contributed by atoms with van der Waals surface area (Å²) in [7, 11) is 0. The molecule has 1 amide bonds. The third-order valence-corrected chi connectivity index (χ3v) is 8.10. The van der Waals surface area contributed by atoms with E-state index in [1.54, 1.807) is 6.20 Å². The summed E-state index contributed by atoms with van der Waals surface area (Å²) >= 11 is 6.53. The molecule has 1 aromatic carbocycles. The van der Waals surface area contributed by atoms with E-state index in [1.165, 1.54) is 6.08 Å². The first-order chi connectivity index (χ1) is 18.0. The molecule has 37 heavy (non-hydrogen) atoms. The van der Waals surface area contributed by atoms with Gasteiger partial charge in [-0.25, -0.2) is 9.97 Å². The minimum absolute atomic E-state index is 0.0186. The highest BCUT2D eigenvalue weighted by Gasteiger charge is 2.44. The molecule has 3 aliphatic rings. The molecule has 2 aliphatic heterocycles. The van der Waals surface area contributed by atoms with E-state index in [0.717, 1.165) is 67.4 Å². The van der Waals surface area contributed by atoms with Crippen LogP contribution in [0, 0.1) is 5.92 Å². The molecule has 0 radical (unpaired) electrons. The van der Waals surface area contributed by atoms with Crippen LogP contribution in [-0.4, -0.2) is 62.9 Å². The first-order valence-corrected chi connectivity index (χ1v) is 13.4. The Labute approximate surface area is 221 Å². The van der Waals surface area contributed by atoms with Gasteiger partial charge in [0.2, 0.25) is 11.9 Å². The van der Waals surface area contributed by atoms with Crippen LogP contribution in [0.25, 0.3) is 22.2 Å². The van der Waals surface area contributed by atoms with Crippen molar-refractivity contribution in [1.82, 2.24) is 19.9 Å². The molecule has 1 unspecified atom stereocenters. The number of H-pyrrole nitrogens is 1. The van der Waals surface area contributed by atoms with Gasteiger partial charge in [-0.15, -0.1) is 0 Å². The second-order valence-corrected chi connectivity index (χ2v) is 10.7. The van der Waals surface area contributed by atoms with Crippen molar-refractivity contribution in [3.8, 4) is 11.3 Å². The third-order valence-electron chi connectivity index (χ3n) is 7.83. The molecule has 2 N–H and O–H groups in total. The molecule has 1 aliphatic carbocycles. The number of carbonyl (C=O) groups is 1. The summed E-state index contributed by atoms with van der Waals surface area (Å²) in [6.07, 6.45) is 10.8. The Morgan fingerprint density at radius 3 is 3.08 bits per heavy atom. The van der Waals surface area contributed by atoms with Crippen molar-refractivity contribution in [1.29, 1.82) is 0 Å². The maximum absolute atomic E-state index is 12.1. The second-order valence-electron chi connectivity index (χ2n) is 10.3. The lowest BCUT2D eigenvalue weighted by Gasteiger charge is -2.38. The van der Waals surface area contributed by atoms with Crippen LogP contribution in [0.15, 0.2) is 54.3 Å². The van der Waals surface area contributed by atoms with E-state index < -0.39 is 0 Å². The molecule has 192 valence electrons. The van der Waals surface area contributed by atoms with Crippen LogP contribution in [0.1, 0.15) is 38.5 Å². The van der Waals surface area contributed by atoms with Gasteiger partial charge in [-0.1, -0.05) is 36.4 Å². The van der Waals surface area contributed by atoms with Crippen LogP contribution in [0.5, 0.6) is 0 Å². The van der Waals surface area contributed by atoms with Crippen molar-refractivity contribution >= 4 is 40.3 Å². The standard InChI is InChI=1S/C28H31ClN6O2/c1-2-24(36)35-12-6-7-18(16-35)26-32-17-28(37-26)11-5-8-19(13-28)33-27-31-15-22(29)25(34-27)21-14-30-23-10-4-3-9-20(21)23/h2-4,9-10,14-15,18-19,30H,1,5-8,11-13,16-17H2,(H,31,33,34)/t18?,19-,28-/m1/s1. The number of hydrogen-bond donors (Lipinski definition) is 2. The summed E-state index contributed by atoms with van der Waals surface area (Å²) in [5, 5.41) is 5.14. The summed E-state index contributed by atoms with van der Waals surface area (Å²) in [4.78, 5) is 31.4. The van der Waals surface area contributed by atoms with Gasteiger partial charge >= 0.3 is 0 Å². The lowest BCUT2D eigenvalue weighted by atomic mass is 9.82. The largest absolute Gasteiger partial charge is 0.472 e. The maximum atomic E-state index is 12.1. The number of rotatable bonds is 5. The van der Waals surface area contributed by atoms with Crippen LogP contribution in [0.4, 0.5) is 5.95 Å². The number of aromatic amines is 1. The summed E-state index contributed by atoms with van der Waals surface area (Å²) in [6.45, 7) is 5.71. The topological polar surface area (TPSA) is 95.5 Å². The zero-order valence-corrected chi connectivity index (χ0v) is 21.5. The number of nitrogens with one attached hydrogen (secondary N) is 2. The Morgan fingerprint density at radius 2 is 2.19 bits per heavy atom. The number of anilines is 1. The van der Waals surface area contributed by atoms with Crippen LogP contribution in [-0.2, 0) is 9.53 Å². The number of para-hydroxylation sites is 1. The lowest BCUT2D eigenvalue weighted by Crippen LogP contribution is -2.46. The number of fused-ring (bicyclic) bond motifs is 1. The minimum Gasteiger partial charge on any atom is -0.472 e. The third kappa shape index (κ3) is 4.70. The predicted octanol–water partition coefficient (Wildman–Crippen LogP) is 5.22. The van der Waals surface area contributed by atoms with E-state index >= 15 is 0 Å². The van der Waals surface area contributed by atoms with E-state index in [4.69, 9.17) is 26.3 Å². The average molecular weight is 519 g/mol. The molecule has 9 heteroatoms. The van der Waals surface area contributed by atoms with Crippen LogP contribution >= 0.6 is 11.6 Å². The van der Waals surface area contributed by atoms with Crippen LogP contribution in [0.2, 0.25) is 5.02 Å². The number of likely N-dealkylation sites (tertiary alicyclic amines) is 1. The van der Waals surface area contributed by atoms with Crippen molar-refractivity contribution in [2.24, 2.45) is 10.9 Å². The molecule has 2 fully saturated rings. The van der Waals surface area contributed by atoms with Gasteiger partial charge in [-0.3, -0.25) is 9.79 Å². The quantitative estimate of drug-likeness (QED) is 0.451. The van der Waals surface area contributed by atoms with Gasteiger partial charge in [0, 0.05) is 48.2 Å². The fourth-order valence-corrected chi connectivity index (χ4v) is 6.18. The number of amides is 1. The first kappa shape index (κ1) is 24.0. The van der Waals surface area contributed by atoms with Gasteiger partial charge in [0.25, 0.3) is 0 Å². The molecular formula is C28H31ClN6O2. The number of halogens is 1. The van der Waals surface area contributed by atoms with E-state index in [-0.39, 0.29) is 23.5 Å². The van der Waals surface area contributed by atoms with Crippen molar-refractivity contribution in [2.75, 3.05) is 25.0 Å². The summed E-state index contributed by atoms with van der Waals surface area (Å²) in [5.74, 6) is 1.52. The molecule has 4 heterocycles. The molecule has 8 nitrogen and oxygen atoms in total. The fraction of sp³-hybridized carbons (Fsp3) is 0.429. The number of ether oxygens (including phenoxy) is 1. The van der Waals surface area contributed by atoms with Gasteiger partial charge in [-0.05, 0) is 44.2 Å². The molecule has 1 saturated carbocycles. The zero-order chi connectivity index (χ0) is 25.4. The van der Waals surface area contributed by atoms with Crippen molar-refractivity contribution < 1.29 is 9.53 Å². The van der Waals surface area contributed by atoms with Crippen molar-refractivity contribution in [3.63, 3.8) is 0 Å². The average Bonchev–Trinajstić information content (AvgIpc) is 3.54. The van der Waals surface area contributed by atoms with Gasteiger partial charge < -0.3 is 19.9 Å². The van der Waals surface area contributed by atoms with E-state index in [2.05, 4.69) is 27.9 Å². The minimum atomic E-state index is -0.304.